The number of carbonyl (C=O) groups is 2. The monoisotopic (exact) mass is 404 g/mol. The fourth-order valence-corrected chi connectivity index (χ4v) is 3.66. The number of carbonyl (C=O) groups excluding carboxylic acids is 2. The molecule has 0 saturated carbocycles. The number of rotatable bonds is 3. The highest BCUT2D eigenvalue weighted by molar-refractivity contribution is 6.26. The van der Waals surface area contributed by atoms with Crippen LogP contribution in [0.25, 0.3) is 0 Å². The van der Waals surface area contributed by atoms with Crippen molar-refractivity contribution >= 4 is 11.6 Å². The van der Waals surface area contributed by atoms with Gasteiger partial charge in [-0.25, -0.2) is 9.13 Å². The molecule has 5 heteroatoms. The molecule has 0 N–H and O–H groups in total. The SMILES string of the molecule is CCCC[n+]1c2c(n(C(C)(C)C)c1C)C(=O)c1ccccc1C2=O.[Br-]. The first-order chi connectivity index (χ1) is 11.3. The number of benzene rings is 1. The Bertz CT molecular complexity index is 844. The van der Waals surface area contributed by atoms with Crippen LogP contribution in [0.15, 0.2) is 24.3 Å². The van der Waals surface area contributed by atoms with Crippen LogP contribution in [-0.2, 0) is 12.1 Å². The molecule has 3 rings (SSSR count). The molecule has 0 unspecified atom stereocenters. The highest BCUT2D eigenvalue weighted by atomic mass is 79.9. The fraction of sp³-hybridized carbons (Fsp3) is 0.450. The van der Waals surface area contributed by atoms with E-state index in [1.807, 2.05) is 28.2 Å². The van der Waals surface area contributed by atoms with Crippen LogP contribution in [0.2, 0.25) is 0 Å². The Morgan fingerprint density at radius 3 is 2.12 bits per heavy atom. The first-order valence-corrected chi connectivity index (χ1v) is 8.63. The van der Waals surface area contributed by atoms with Crippen molar-refractivity contribution in [2.75, 3.05) is 0 Å². The summed E-state index contributed by atoms with van der Waals surface area (Å²) in [4.78, 5) is 26.3. The van der Waals surface area contributed by atoms with E-state index in [-0.39, 0.29) is 34.1 Å². The van der Waals surface area contributed by atoms with E-state index in [1.54, 1.807) is 12.1 Å². The normalized spacial score (nSPS) is 13.3. The summed E-state index contributed by atoms with van der Waals surface area (Å²) < 4.78 is 4.08. The Morgan fingerprint density at radius 2 is 1.60 bits per heavy atom. The average Bonchev–Trinajstić information content (AvgIpc) is 2.83. The number of unbranched alkanes of at least 4 members (excludes halogenated alkanes) is 1. The number of aromatic nitrogens is 2. The zero-order valence-electron chi connectivity index (χ0n) is 15.5. The third-order valence-electron chi connectivity index (χ3n) is 4.68. The van der Waals surface area contributed by atoms with Crippen molar-refractivity contribution in [2.45, 2.75) is 59.5 Å². The topological polar surface area (TPSA) is 43.0 Å². The molecular formula is C20H25BrN2O2. The molecule has 1 aliphatic carbocycles. The van der Waals surface area contributed by atoms with Crippen LogP contribution in [0.3, 0.4) is 0 Å². The molecule has 1 aromatic heterocycles. The van der Waals surface area contributed by atoms with Gasteiger partial charge in [-0.05, 0) is 27.2 Å². The zero-order chi connectivity index (χ0) is 17.6. The summed E-state index contributed by atoms with van der Waals surface area (Å²) in [6.07, 6.45) is 2.02. The van der Waals surface area contributed by atoms with Crippen LogP contribution in [0.5, 0.6) is 0 Å². The molecule has 0 saturated heterocycles. The first-order valence-electron chi connectivity index (χ1n) is 8.63. The van der Waals surface area contributed by atoms with Gasteiger partial charge in [0.25, 0.3) is 5.82 Å². The molecule has 0 radical (unpaired) electrons. The van der Waals surface area contributed by atoms with Crippen molar-refractivity contribution in [3.63, 3.8) is 0 Å². The van der Waals surface area contributed by atoms with Crippen LogP contribution < -0.4 is 21.5 Å². The summed E-state index contributed by atoms with van der Waals surface area (Å²) in [5.41, 5.74) is 1.86. The molecule has 0 fully saturated rings. The Balaban J connectivity index is 0.00000225. The summed E-state index contributed by atoms with van der Waals surface area (Å²) in [6.45, 7) is 11.1. The minimum Gasteiger partial charge on any atom is -1.00 e. The van der Waals surface area contributed by atoms with Gasteiger partial charge in [0, 0.05) is 18.1 Å². The van der Waals surface area contributed by atoms with Gasteiger partial charge in [-0.2, -0.15) is 0 Å². The van der Waals surface area contributed by atoms with E-state index in [1.165, 1.54) is 0 Å². The van der Waals surface area contributed by atoms with E-state index in [0.29, 0.717) is 22.5 Å². The van der Waals surface area contributed by atoms with Crippen LogP contribution in [0, 0.1) is 6.92 Å². The summed E-state index contributed by atoms with van der Waals surface area (Å²) in [7, 11) is 0. The molecule has 4 nitrogen and oxygen atoms in total. The molecule has 1 aromatic carbocycles. The van der Waals surface area contributed by atoms with Crippen molar-refractivity contribution in [3.05, 3.63) is 52.6 Å². The van der Waals surface area contributed by atoms with Crippen LogP contribution in [0.4, 0.5) is 0 Å². The second-order valence-electron chi connectivity index (χ2n) is 7.46. The molecule has 25 heavy (non-hydrogen) atoms. The summed E-state index contributed by atoms with van der Waals surface area (Å²) in [5, 5.41) is 0. The van der Waals surface area contributed by atoms with Crippen molar-refractivity contribution in [1.29, 1.82) is 0 Å². The third kappa shape index (κ3) is 2.99. The van der Waals surface area contributed by atoms with E-state index < -0.39 is 0 Å². The van der Waals surface area contributed by atoms with E-state index in [2.05, 4.69) is 27.7 Å². The molecule has 134 valence electrons. The number of hydrogen-bond acceptors (Lipinski definition) is 2. The maximum absolute atomic E-state index is 13.2. The van der Waals surface area contributed by atoms with E-state index in [0.717, 1.165) is 25.2 Å². The average molecular weight is 405 g/mol. The van der Waals surface area contributed by atoms with Gasteiger partial charge < -0.3 is 17.0 Å². The number of halogens is 1. The molecular weight excluding hydrogens is 380 g/mol. The van der Waals surface area contributed by atoms with Crippen LogP contribution in [0.1, 0.15) is 78.5 Å². The number of imidazole rings is 1. The number of fused-ring (bicyclic) bond motifs is 2. The van der Waals surface area contributed by atoms with Gasteiger partial charge in [0.05, 0.1) is 6.54 Å². The first kappa shape index (κ1) is 19.6. The van der Waals surface area contributed by atoms with E-state index in [4.69, 9.17) is 0 Å². The summed E-state index contributed by atoms with van der Waals surface area (Å²) >= 11 is 0. The van der Waals surface area contributed by atoms with E-state index >= 15 is 0 Å². The lowest BCUT2D eigenvalue weighted by Gasteiger charge is -2.20. The summed E-state index contributed by atoms with van der Waals surface area (Å²) in [6, 6.07) is 7.15. The van der Waals surface area contributed by atoms with Gasteiger partial charge in [-0.1, -0.05) is 37.6 Å². The molecule has 0 atom stereocenters. The fourth-order valence-electron chi connectivity index (χ4n) is 3.66. The van der Waals surface area contributed by atoms with Gasteiger partial charge >= 0.3 is 0 Å². The van der Waals surface area contributed by atoms with Crippen molar-refractivity contribution < 1.29 is 31.1 Å². The zero-order valence-corrected chi connectivity index (χ0v) is 17.1. The number of hydrogen-bond donors (Lipinski definition) is 0. The Hall–Kier alpha value is -1.75. The molecule has 0 amide bonds. The molecule has 2 aromatic rings. The Kier molecular flexibility index (Phi) is 5.38. The van der Waals surface area contributed by atoms with Crippen molar-refractivity contribution in [2.24, 2.45) is 0 Å². The van der Waals surface area contributed by atoms with Crippen LogP contribution >= 0.6 is 0 Å². The van der Waals surface area contributed by atoms with Gasteiger partial charge in [0.15, 0.2) is 0 Å². The second kappa shape index (κ2) is 6.87. The molecule has 0 spiro atoms. The molecule has 0 bridgehead atoms. The van der Waals surface area contributed by atoms with Gasteiger partial charge in [0.2, 0.25) is 23.0 Å². The minimum absolute atomic E-state index is 0. The predicted octanol–water partition coefficient (Wildman–Crippen LogP) is 0.419. The Morgan fingerprint density at radius 1 is 1.04 bits per heavy atom. The third-order valence-corrected chi connectivity index (χ3v) is 4.68. The maximum Gasteiger partial charge on any atom is 0.254 e. The second-order valence-corrected chi connectivity index (χ2v) is 7.46. The van der Waals surface area contributed by atoms with E-state index in [9.17, 15) is 9.59 Å². The molecule has 1 heterocycles. The highest BCUT2D eigenvalue weighted by Crippen LogP contribution is 2.30. The van der Waals surface area contributed by atoms with Gasteiger partial charge in [0.1, 0.15) is 5.54 Å². The van der Waals surface area contributed by atoms with Crippen molar-refractivity contribution in [3.8, 4) is 0 Å². The smallest absolute Gasteiger partial charge is 0.254 e. The maximum atomic E-state index is 13.2. The lowest BCUT2D eigenvalue weighted by atomic mass is 9.89. The predicted molar refractivity (Wildman–Crippen MR) is 92.6 cm³/mol. The Labute approximate surface area is 159 Å². The van der Waals surface area contributed by atoms with Crippen LogP contribution in [-0.4, -0.2) is 16.1 Å². The molecule has 1 aliphatic rings. The number of ketones is 2. The van der Waals surface area contributed by atoms with Crippen molar-refractivity contribution in [1.82, 2.24) is 4.57 Å². The van der Waals surface area contributed by atoms with Gasteiger partial charge in [-0.3, -0.25) is 9.59 Å². The standard InChI is InChI=1S/C20H25N2O2.BrH/c1-6-7-12-21-13(2)22(20(3,4)5)17-16(21)18(23)14-10-8-9-11-15(14)19(17)24;/h8-11H,6-7,12H2,1-5H3;1H/q+1;/p-1. The molecule has 0 aliphatic heterocycles. The lowest BCUT2D eigenvalue weighted by molar-refractivity contribution is -0.704. The van der Waals surface area contributed by atoms with Gasteiger partial charge in [-0.15, -0.1) is 0 Å². The quantitative estimate of drug-likeness (QED) is 0.593. The summed E-state index contributed by atoms with van der Waals surface area (Å²) in [5.74, 6) is 0.881. The number of nitrogens with zero attached hydrogens (tertiary/aromatic N) is 2. The highest BCUT2D eigenvalue weighted by Gasteiger charge is 2.45. The largest absolute Gasteiger partial charge is 1.00 e. The minimum atomic E-state index is -0.270. The lowest BCUT2D eigenvalue weighted by Crippen LogP contribution is -3.00.